The van der Waals surface area contributed by atoms with Gasteiger partial charge in [-0.05, 0) is 31.0 Å². The molecule has 1 heterocycles. The lowest BCUT2D eigenvalue weighted by molar-refractivity contribution is -0.146. The van der Waals surface area contributed by atoms with E-state index in [0.29, 0.717) is 25.1 Å². The van der Waals surface area contributed by atoms with Crippen molar-refractivity contribution < 1.29 is 22.7 Å². The summed E-state index contributed by atoms with van der Waals surface area (Å²) >= 11 is 0. The predicted molar refractivity (Wildman–Crippen MR) is 80.2 cm³/mol. The van der Waals surface area contributed by atoms with Crippen molar-refractivity contribution in [3.05, 3.63) is 29.8 Å². The van der Waals surface area contributed by atoms with Gasteiger partial charge in [-0.2, -0.15) is 0 Å². The lowest BCUT2D eigenvalue weighted by Gasteiger charge is -2.31. The molecule has 0 saturated carbocycles. The van der Waals surface area contributed by atoms with Crippen molar-refractivity contribution in [2.75, 3.05) is 26.5 Å². The molecular weight excluding hydrogens is 306 g/mol. The van der Waals surface area contributed by atoms with Crippen LogP contribution in [0.5, 0.6) is 0 Å². The molecule has 2 rings (SSSR count). The van der Waals surface area contributed by atoms with Crippen molar-refractivity contribution in [3.63, 3.8) is 0 Å². The maximum absolute atomic E-state index is 12.5. The van der Waals surface area contributed by atoms with Gasteiger partial charge in [0.1, 0.15) is 0 Å². The number of hydrogen-bond acceptors (Lipinski definition) is 5. The maximum Gasteiger partial charge on any atom is 0.310 e. The highest BCUT2D eigenvalue weighted by molar-refractivity contribution is 7.90. The molecule has 1 aliphatic rings. The average Bonchev–Trinajstić information content (AvgIpc) is 2.53. The van der Waals surface area contributed by atoms with Crippen LogP contribution in [0.4, 0.5) is 0 Å². The molecule has 6 nitrogen and oxygen atoms in total. The highest BCUT2D eigenvalue weighted by Gasteiger charge is 2.29. The minimum atomic E-state index is -3.36. The van der Waals surface area contributed by atoms with Gasteiger partial charge in [-0.3, -0.25) is 9.59 Å². The lowest BCUT2D eigenvalue weighted by atomic mass is 9.97. The van der Waals surface area contributed by atoms with Crippen molar-refractivity contribution in [1.29, 1.82) is 0 Å². The number of carbonyl (C=O) groups is 2. The molecule has 0 unspecified atom stereocenters. The summed E-state index contributed by atoms with van der Waals surface area (Å²) in [7, 11) is -2.03. The molecule has 0 N–H and O–H groups in total. The van der Waals surface area contributed by atoms with Crippen molar-refractivity contribution in [3.8, 4) is 0 Å². The topological polar surface area (TPSA) is 80.8 Å². The van der Waals surface area contributed by atoms with E-state index in [1.54, 1.807) is 17.0 Å². The fourth-order valence-corrected chi connectivity index (χ4v) is 3.23. The highest BCUT2D eigenvalue weighted by atomic mass is 32.2. The van der Waals surface area contributed by atoms with Gasteiger partial charge in [0.05, 0.1) is 17.9 Å². The second-order valence-corrected chi connectivity index (χ2v) is 7.43. The summed E-state index contributed by atoms with van der Waals surface area (Å²) < 4.78 is 27.9. The Bertz CT molecular complexity index is 683. The Balaban J connectivity index is 2.19. The van der Waals surface area contributed by atoms with Crippen molar-refractivity contribution in [2.45, 2.75) is 17.7 Å². The van der Waals surface area contributed by atoms with Crippen molar-refractivity contribution >= 4 is 21.7 Å². The van der Waals surface area contributed by atoms with E-state index >= 15 is 0 Å². The van der Waals surface area contributed by atoms with Crippen LogP contribution < -0.4 is 0 Å². The zero-order valence-corrected chi connectivity index (χ0v) is 13.4. The molecule has 1 aliphatic heterocycles. The molecule has 0 spiro atoms. The Hall–Kier alpha value is -1.89. The molecule has 1 saturated heterocycles. The van der Waals surface area contributed by atoms with E-state index in [2.05, 4.69) is 0 Å². The number of methoxy groups -OCH3 is 1. The predicted octanol–water partition coefficient (Wildman–Crippen LogP) is 1.12. The Morgan fingerprint density at radius 2 is 2.05 bits per heavy atom. The minimum Gasteiger partial charge on any atom is -0.469 e. The number of carbonyl (C=O) groups excluding carboxylic acids is 2. The first-order valence-corrected chi connectivity index (χ1v) is 8.89. The van der Waals surface area contributed by atoms with Crippen LogP contribution in [-0.2, 0) is 19.4 Å². The van der Waals surface area contributed by atoms with E-state index in [4.69, 9.17) is 4.74 Å². The summed E-state index contributed by atoms with van der Waals surface area (Å²) in [6.07, 6.45) is 2.52. The van der Waals surface area contributed by atoms with Crippen LogP contribution in [0.3, 0.4) is 0 Å². The minimum absolute atomic E-state index is 0.111. The number of sulfone groups is 1. The number of benzene rings is 1. The third-order valence-corrected chi connectivity index (χ3v) is 4.86. The first-order chi connectivity index (χ1) is 10.3. The normalized spacial score (nSPS) is 18.8. The summed E-state index contributed by atoms with van der Waals surface area (Å²) in [5, 5.41) is 0. The zero-order chi connectivity index (χ0) is 16.3. The molecule has 0 aromatic heterocycles. The number of piperidine rings is 1. The summed E-state index contributed by atoms with van der Waals surface area (Å²) in [6, 6.07) is 5.96. The second kappa shape index (κ2) is 6.48. The Morgan fingerprint density at radius 1 is 1.32 bits per heavy atom. The van der Waals surface area contributed by atoms with Crippen LogP contribution in [0.15, 0.2) is 29.2 Å². The maximum atomic E-state index is 12.5. The molecule has 120 valence electrons. The molecule has 0 radical (unpaired) electrons. The molecular formula is C15H19NO5S. The Labute approximate surface area is 130 Å². The summed E-state index contributed by atoms with van der Waals surface area (Å²) in [4.78, 5) is 25.8. The highest BCUT2D eigenvalue weighted by Crippen LogP contribution is 2.20. The number of esters is 1. The van der Waals surface area contributed by atoms with Gasteiger partial charge < -0.3 is 9.64 Å². The molecule has 1 fully saturated rings. The lowest BCUT2D eigenvalue weighted by Crippen LogP contribution is -2.42. The van der Waals surface area contributed by atoms with Gasteiger partial charge in [-0.25, -0.2) is 8.42 Å². The van der Waals surface area contributed by atoms with E-state index in [1.165, 1.54) is 19.2 Å². The van der Waals surface area contributed by atoms with E-state index < -0.39 is 9.84 Å². The van der Waals surface area contributed by atoms with Crippen molar-refractivity contribution in [1.82, 2.24) is 4.90 Å². The second-order valence-electron chi connectivity index (χ2n) is 5.41. The van der Waals surface area contributed by atoms with Crippen LogP contribution in [0.2, 0.25) is 0 Å². The summed E-state index contributed by atoms with van der Waals surface area (Å²) in [5.74, 6) is -0.901. The summed E-state index contributed by atoms with van der Waals surface area (Å²) in [6.45, 7) is 0.851. The van der Waals surface area contributed by atoms with E-state index in [9.17, 15) is 18.0 Å². The fourth-order valence-electron chi connectivity index (χ4n) is 2.56. The van der Waals surface area contributed by atoms with Gasteiger partial charge in [0, 0.05) is 24.9 Å². The molecule has 0 aliphatic carbocycles. The van der Waals surface area contributed by atoms with E-state index in [1.807, 2.05) is 0 Å². The summed E-state index contributed by atoms with van der Waals surface area (Å²) in [5.41, 5.74) is 0.313. The smallest absolute Gasteiger partial charge is 0.310 e. The Morgan fingerprint density at radius 3 is 2.68 bits per heavy atom. The first-order valence-electron chi connectivity index (χ1n) is 7.00. The van der Waals surface area contributed by atoms with Gasteiger partial charge in [0.2, 0.25) is 0 Å². The average molecular weight is 325 g/mol. The van der Waals surface area contributed by atoms with E-state index in [-0.39, 0.29) is 22.7 Å². The molecule has 22 heavy (non-hydrogen) atoms. The first kappa shape index (κ1) is 16.5. The zero-order valence-electron chi connectivity index (χ0n) is 12.6. The molecule has 7 heteroatoms. The molecule has 0 bridgehead atoms. The molecule has 1 aromatic carbocycles. The number of hydrogen-bond donors (Lipinski definition) is 0. The van der Waals surface area contributed by atoms with Crippen molar-refractivity contribution in [2.24, 2.45) is 5.92 Å². The fraction of sp³-hybridized carbons (Fsp3) is 0.467. The number of amides is 1. The molecule has 1 amide bonds. The van der Waals surface area contributed by atoms with Gasteiger partial charge in [0.15, 0.2) is 9.84 Å². The van der Waals surface area contributed by atoms with Crippen LogP contribution in [0.25, 0.3) is 0 Å². The van der Waals surface area contributed by atoms with Gasteiger partial charge in [0.25, 0.3) is 5.91 Å². The van der Waals surface area contributed by atoms with E-state index in [0.717, 1.165) is 12.7 Å². The monoisotopic (exact) mass is 325 g/mol. The quantitative estimate of drug-likeness (QED) is 0.778. The standard InChI is InChI=1S/C15H19NO5S/c1-21-15(18)12-6-4-8-16(10-12)14(17)11-5-3-7-13(9-11)22(2,19)20/h3,5,7,9,12H,4,6,8,10H2,1-2H3/t12-/m0/s1. The van der Waals surface area contributed by atoms with Gasteiger partial charge in [-0.1, -0.05) is 6.07 Å². The molecule has 1 aromatic rings. The van der Waals surface area contributed by atoms with Crippen LogP contribution in [-0.4, -0.2) is 51.6 Å². The Kier molecular flexibility index (Phi) is 4.85. The molecule has 1 atom stereocenters. The van der Waals surface area contributed by atoms with Crippen LogP contribution >= 0.6 is 0 Å². The largest absolute Gasteiger partial charge is 0.469 e. The van der Waals surface area contributed by atoms with Gasteiger partial charge >= 0.3 is 5.97 Å². The number of rotatable bonds is 3. The number of ether oxygens (including phenoxy) is 1. The number of nitrogens with zero attached hydrogens (tertiary/aromatic N) is 1. The van der Waals surface area contributed by atoms with Crippen LogP contribution in [0, 0.1) is 5.92 Å². The third kappa shape index (κ3) is 3.65. The third-order valence-electron chi connectivity index (χ3n) is 3.75. The SMILES string of the molecule is COC(=O)[C@H]1CCCN(C(=O)c2cccc(S(C)(=O)=O)c2)C1. The number of likely N-dealkylation sites (tertiary alicyclic amines) is 1. The van der Waals surface area contributed by atoms with Crippen LogP contribution in [0.1, 0.15) is 23.2 Å². The van der Waals surface area contributed by atoms with Gasteiger partial charge in [-0.15, -0.1) is 0 Å².